The van der Waals surface area contributed by atoms with Crippen molar-refractivity contribution in [1.82, 2.24) is 15.2 Å². The molecule has 0 aliphatic carbocycles. The molecular weight excluding hydrogens is 238 g/mol. The molecule has 2 N–H and O–H groups in total. The van der Waals surface area contributed by atoms with Crippen molar-refractivity contribution in [2.75, 3.05) is 14.1 Å². The summed E-state index contributed by atoms with van der Waals surface area (Å²) in [5, 5.41) is 2.97. The average Bonchev–Trinajstić information content (AvgIpc) is 2.51. The summed E-state index contributed by atoms with van der Waals surface area (Å²) in [6, 6.07) is 2.24. The zero-order valence-corrected chi connectivity index (χ0v) is 9.85. The Morgan fingerprint density at radius 3 is 2.60 bits per heavy atom. The summed E-state index contributed by atoms with van der Waals surface area (Å²) in [7, 11) is -0.571. The van der Waals surface area contributed by atoms with Gasteiger partial charge < -0.3 is 0 Å². The fraction of sp³-hybridized carbons (Fsp3) is 0.286. The van der Waals surface area contributed by atoms with Crippen LogP contribution in [0.1, 0.15) is 0 Å². The molecule has 0 aliphatic rings. The second-order valence-corrected chi connectivity index (χ2v) is 5.73. The van der Waals surface area contributed by atoms with Gasteiger partial charge in [-0.15, -0.1) is 11.3 Å². The molecule has 0 aromatic carbocycles. The molecule has 15 heavy (non-hydrogen) atoms. The number of hydrogen-bond donors (Lipinski definition) is 2. The molecule has 6 nitrogen and oxygen atoms in total. The number of rotatable bonds is 3. The number of nitrogens with one attached hydrogen (secondary N) is 2. The van der Waals surface area contributed by atoms with E-state index < -0.39 is 16.1 Å². The van der Waals surface area contributed by atoms with Crippen molar-refractivity contribution in [2.24, 2.45) is 0 Å². The van der Waals surface area contributed by atoms with Crippen LogP contribution in [0.4, 0.5) is 4.79 Å². The van der Waals surface area contributed by atoms with E-state index in [0.29, 0.717) is 0 Å². The Morgan fingerprint density at radius 2 is 2.13 bits per heavy atom. The highest BCUT2D eigenvalue weighted by Gasteiger charge is 2.18. The van der Waals surface area contributed by atoms with Gasteiger partial charge in [0.25, 0.3) is 10.0 Å². The van der Waals surface area contributed by atoms with E-state index in [-0.39, 0.29) is 4.21 Å². The highest BCUT2D eigenvalue weighted by atomic mass is 32.2. The van der Waals surface area contributed by atoms with Gasteiger partial charge in [0.2, 0.25) is 0 Å². The molecule has 0 radical (unpaired) electrons. The summed E-state index contributed by atoms with van der Waals surface area (Å²) in [6.45, 7) is 0. The number of sulfonamides is 1. The van der Waals surface area contributed by atoms with Gasteiger partial charge in [-0.05, 0) is 11.4 Å². The zero-order chi connectivity index (χ0) is 11.5. The number of urea groups is 1. The summed E-state index contributed by atoms with van der Waals surface area (Å²) >= 11 is 1.05. The fourth-order valence-corrected chi connectivity index (χ4v) is 2.71. The zero-order valence-electron chi connectivity index (χ0n) is 8.22. The Kier molecular flexibility index (Phi) is 3.66. The topological polar surface area (TPSA) is 78.5 Å². The van der Waals surface area contributed by atoms with Crippen LogP contribution in [0.25, 0.3) is 0 Å². The molecule has 1 aromatic heterocycles. The van der Waals surface area contributed by atoms with E-state index in [1.165, 1.54) is 11.1 Å². The van der Waals surface area contributed by atoms with Gasteiger partial charge in [-0.25, -0.2) is 22.9 Å². The lowest BCUT2D eigenvalue weighted by molar-refractivity contribution is 0.217. The number of hydrazine groups is 1. The van der Waals surface area contributed by atoms with Crippen molar-refractivity contribution < 1.29 is 13.2 Å². The molecule has 0 saturated heterocycles. The van der Waals surface area contributed by atoms with Gasteiger partial charge in [0.05, 0.1) is 0 Å². The van der Waals surface area contributed by atoms with Gasteiger partial charge in [-0.2, -0.15) is 0 Å². The minimum absolute atomic E-state index is 0.108. The van der Waals surface area contributed by atoms with Crippen LogP contribution in [0.3, 0.4) is 0 Å². The molecule has 1 aromatic rings. The third kappa shape index (κ3) is 3.50. The predicted octanol–water partition coefficient (Wildman–Crippen LogP) is 0.213. The maximum Gasteiger partial charge on any atom is 0.343 e. The highest BCUT2D eigenvalue weighted by Crippen LogP contribution is 2.14. The molecule has 0 saturated carbocycles. The molecule has 84 valence electrons. The molecule has 1 rings (SSSR count). The molecular formula is C7H11N3O3S2. The lowest BCUT2D eigenvalue weighted by atomic mass is 10.7. The summed E-state index contributed by atoms with van der Waals surface area (Å²) in [4.78, 5) is 11.1. The second-order valence-electron chi connectivity index (χ2n) is 2.87. The largest absolute Gasteiger partial charge is 0.343 e. The molecule has 0 atom stereocenters. The Hall–Kier alpha value is -1.12. The summed E-state index contributed by atoms with van der Waals surface area (Å²) in [5.41, 5.74) is 2.27. The van der Waals surface area contributed by atoms with Crippen LogP contribution < -0.4 is 10.1 Å². The summed E-state index contributed by atoms with van der Waals surface area (Å²) < 4.78 is 25.0. The molecule has 2 amide bonds. The van der Waals surface area contributed by atoms with E-state index in [9.17, 15) is 13.2 Å². The van der Waals surface area contributed by atoms with Crippen LogP contribution >= 0.6 is 11.3 Å². The Bertz CT molecular complexity index is 424. The standard InChI is InChI=1S/C7H11N3O3S2/c1-10(2)8-7(11)9-15(12,13)6-4-3-5-14-6/h3-5H,1-2H3,(H2,8,9,11). The van der Waals surface area contributed by atoms with Crippen molar-refractivity contribution in [2.45, 2.75) is 4.21 Å². The number of amides is 2. The number of carbonyl (C=O) groups is 1. The number of carbonyl (C=O) groups excluding carboxylic acids is 1. The Balaban J connectivity index is 2.70. The van der Waals surface area contributed by atoms with Crippen molar-refractivity contribution in [1.29, 1.82) is 0 Å². The fourth-order valence-electron chi connectivity index (χ4n) is 0.815. The predicted molar refractivity (Wildman–Crippen MR) is 56.9 cm³/mol. The van der Waals surface area contributed by atoms with Crippen molar-refractivity contribution in [3.63, 3.8) is 0 Å². The Morgan fingerprint density at radius 1 is 1.47 bits per heavy atom. The minimum atomic E-state index is -3.73. The van der Waals surface area contributed by atoms with E-state index >= 15 is 0 Å². The van der Waals surface area contributed by atoms with Crippen LogP contribution in [-0.4, -0.2) is 33.6 Å². The molecule has 0 spiro atoms. The number of hydrogen-bond acceptors (Lipinski definition) is 5. The number of nitrogens with zero attached hydrogens (tertiary/aromatic N) is 1. The van der Waals surface area contributed by atoms with Gasteiger partial charge in [0.1, 0.15) is 4.21 Å². The maximum atomic E-state index is 11.5. The van der Waals surface area contributed by atoms with E-state index in [2.05, 4.69) is 5.43 Å². The quantitative estimate of drug-likeness (QED) is 0.751. The third-order valence-corrected chi connectivity index (χ3v) is 4.04. The Labute approximate surface area is 91.9 Å². The minimum Gasteiger partial charge on any atom is -0.270 e. The number of thiophene rings is 1. The molecule has 1 heterocycles. The van der Waals surface area contributed by atoms with Gasteiger partial charge in [0, 0.05) is 14.1 Å². The van der Waals surface area contributed by atoms with Crippen LogP contribution in [0.2, 0.25) is 0 Å². The van der Waals surface area contributed by atoms with Gasteiger partial charge in [-0.1, -0.05) is 6.07 Å². The summed E-state index contributed by atoms with van der Waals surface area (Å²) in [5.74, 6) is 0. The second kappa shape index (κ2) is 4.60. The lowest BCUT2D eigenvalue weighted by Gasteiger charge is -2.12. The molecule has 0 unspecified atom stereocenters. The van der Waals surface area contributed by atoms with Gasteiger partial charge in [-0.3, -0.25) is 5.43 Å². The van der Waals surface area contributed by atoms with Gasteiger partial charge in [0.15, 0.2) is 0 Å². The van der Waals surface area contributed by atoms with E-state index in [1.807, 2.05) is 4.72 Å². The molecule has 0 fully saturated rings. The lowest BCUT2D eigenvalue weighted by Crippen LogP contribution is -2.45. The van der Waals surface area contributed by atoms with Crippen molar-refractivity contribution in [3.05, 3.63) is 17.5 Å². The van der Waals surface area contributed by atoms with E-state index in [4.69, 9.17) is 0 Å². The first-order chi connectivity index (χ1) is 6.92. The van der Waals surface area contributed by atoms with Crippen molar-refractivity contribution >= 4 is 27.4 Å². The van der Waals surface area contributed by atoms with E-state index in [1.54, 1.807) is 25.5 Å². The average molecular weight is 249 g/mol. The molecule has 0 aliphatic heterocycles. The summed E-state index contributed by atoms with van der Waals surface area (Å²) in [6.07, 6.45) is 0. The molecule has 0 bridgehead atoms. The van der Waals surface area contributed by atoms with Crippen LogP contribution in [0.15, 0.2) is 21.7 Å². The third-order valence-electron chi connectivity index (χ3n) is 1.31. The van der Waals surface area contributed by atoms with E-state index in [0.717, 1.165) is 11.3 Å². The molecule has 8 heteroatoms. The first kappa shape index (κ1) is 12.0. The highest BCUT2D eigenvalue weighted by molar-refractivity contribution is 7.92. The SMILES string of the molecule is CN(C)NC(=O)NS(=O)(=O)c1cccs1. The smallest absolute Gasteiger partial charge is 0.270 e. The first-order valence-electron chi connectivity index (χ1n) is 3.96. The van der Waals surface area contributed by atoms with Crippen molar-refractivity contribution in [3.8, 4) is 0 Å². The first-order valence-corrected chi connectivity index (χ1v) is 6.32. The van der Waals surface area contributed by atoms with Crippen LogP contribution in [0.5, 0.6) is 0 Å². The maximum absolute atomic E-state index is 11.5. The van der Waals surface area contributed by atoms with Crippen LogP contribution in [0, 0.1) is 0 Å². The van der Waals surface area contributed by atoms with Crippen LogP contribution in [-0.2, 0) is 10.0 Å². The van der Waals surface area contributed by atoms with Gasteiger partial charge >= 0.3 is 6.03 Å². The monoisotopic (exact) mass is 249 g/mol. The normalized spacial score (nSPS) is 11.4.